The van der Waals surface area contributed by atoms with E-state index in [9.17, 15) is 4.79 Å². The van der Waals surface area contributed by atoms with Crippen LogP contribution in [0.5, 0.6) is 17.2 Å². The lowest BCUT2D eigenvalue weighted by atomic mass is 10.2. The number of rotatable bonds is 11. The standard InChI is InChI=1S/C31H33N3O3/c1-2-20-32(25-8-6-7-9-25)23-24-36-28-16-12-26(13-17-28)33-21-22-34(31(33)35)27-14-18-30(19-15-27)37-29-10-4-3-5-11-29/h2-5,10-19,21-22,25H,1,6-9,20,23-24H2. The molecular formula is C31H33N3O3. The Morgan fingerprint density at radius 1 is 0.811 bits per heavy atom. The van der Waals surface area contributed by atoms with Crippen molar-refractivity contribution < 1.29 is 9.47 Å². The topological polar surface area (TPSA) is 48.6 Å². The summed E-state index contributed by atoms with van der Waals surface area (Å²) in [5.41, 5.74) is 1.43. The van der Waals surface area contributed by atoms with E-state index in [0.29, 0.717) is 18.4 Å². The first kappa shape index (κ1) is 24.7. The number of para-hydroxylation sites is 1. The molecule has 37 heavy (non-hydrogen) atoms. The fraction of sp³-hybridized carbons (Fsp3) is 0.258. The van der Waals surface area contributed by atoms with Gasteiger partial charge in [0.25, 0.3) is 0 Å². The van der Waals surface area contributed by atoms with Crippen LogP contribution in [0.3, 0.4) is 0 Å². The third-order valence-corrected chi connectivity index (χ3v) is 6.84. The lowest BCUT2D eigenvalue weighted by Gasteiger charge is -2.27. The molecule has 6 heteroatoms. The van der Waals surface area contributed by atoms with Crippen molar-refractivity contribution in [2.24, 2.45) is 0 Å². The van der Waals surface area contributed by atoms with Crippen LogP contribution in [0, 0.1) is 0 Å². The van der Waals surface area contributed by atoms with Crippen LogP contribution in [0.15, 0.2) is 109 Å². The molecule has 1 saturated carbocycles. The van der Waals surface area contributed by atoms with Crippen molar-refractivity contribution in [1.29, 1.82) is 0 Å². The van der Waals surface area contributed by atoms with E-state index < -0.39 is 0 Å². The average molecular weight is 496 g/mol. The molecule has 190 valence electrons. The molecule has 1 aliphatic carbocycles. The highest BCUT2D eigenvalue weighted by atomic mass is 16.5. The molecule has 0 unspecified atom stereocenters. The van der Waals surface area contributed by atoms with E-state index >= 15 is 0 Å². The van der Waals surface area contributed by atoms with Gasteiger partial charge in [0.2, 0.25) is 0 Å². The number of hydrogen-bond donors (Lipinski definition) is 0. The maximum atomic E-state index is 13.1. The first-order chi connectivity index (χ1) is 18.2. The molecular weight excluding hydrogens is 462 g/mol. The third-order valence-electron chi connectivity index (χ3n) is 6.84. The molecule has 4 aromatic rings. The van der Waals surface area contributed by atoms with Crippen molar-refractivity contribution in [2.75, 3.05) is 19.7 Å². The van der Waals surface area contributed by atoms with Crippen LogP contribution in [0.2, 0.25) is 0 Å². The molecule has 1 aliphatic rings. The fourth-order valence-electron chi connectivity index (χ4n) is 4.91. The second-order valence-corrected chi connectivity index (χ2v) is 9.29. The summed E-state index contributed by atoms with van der Waals surface area (Å²) >= 11 is 0. The first-order valence-corrected chi connectivity index (χ1v) is 12.9. The lowest BCUT2D eigenvalue weighted by Crippen LogP contribution is -2.36. The maximum Gasteiger partial charge on any atom is 0.337 e. The summed E-state index contributed by atoms with van der Waals surface area (Å²) in [6.45, 7) is 6.32. The molecule has 1 heterocycles. The van der Waals surface area contributed by atoms with E-state index in [0.717, 1.165) is 36.0 Å². The summed E-state index contributed by atoms with van der Waals surface area (Å²) in [7, 11) is 0. The Labute approximate surface area is 218 Å². The van der Waals surface area contributed by atoms with E-state index in [2.05, 4.69) is 11.5 Å². The highest BCUT2D eigenvalue weighted by Gasteiger charge is 2.21. The number of benzene rings is 3. The van der Waals surface area contributed by atoms with Crippen molar-refractivity contribution in [1.82, 2.24) is 14.0 Å². The number of nitrogens with zero attached hydrogens (tertiary/aromatic N) is 3. The Balaban J connectivity index is 1.20. The molecule has 0 aliphatic heterocycles. The van der Waals surface area contributed by atoms with Crippen LogP contribution in [0.1, 0.15) is 25.7 Å². The van der Waals surface area contributed by atoms with Crippen molar-refractivity contribution >= 4 is 0 Å². The molecule has 5 rings (SSSR count). The maximum absolute atomic E-state index is 13.1. The quantitative estimate of drug-likeness (QED) is 0.232. The molecule has 0 saturated heterocycles. The Morgan fingerprint density at radius 2 is 1.38 bits per heavy atom. The van der Waals surface area contributed by atoms with Gasteiger partial charge in [-0.1, -0.05) is 37.1 Å². The summed E-state index contributed by atoms with van der Waals surface area (Å²) in [6.07, 6.45) is 10.7. The zero-order chi connectivity index (χ0) is 25.5. The first-order valence-electron chi connectivity index (χ1n) is 12.9. The minimum absolute atomic E-state index is 0.137. The van der Waals surface area contributed by atoms with Gasteiger partial charge < -0.3 is 9.47 Å². The van der Waals surface area contributed by atoms with Crippen LogP contribution in [-0.2, 0) is 0 Å². The van der Waals surface area contributed by atoms with Crippen LogP contribution in [0.4, 0.5) is 0 Å². The summed E-state index contributed by atoms with van der Waals surface area (Å²) in [5, 5.41) is 0. The van der Waals surface area contributed by atoms with Crippen molar-refractivity contribution in [3.05, 3.63) is 114 Å². The molecule has 0 spiro atoms. The van der Waals surface area contributed by atoms with Crippen LogP contribution in [0.25, 0.3) is 11.4 Å². The fourth-order valence-corrected chi connectivity index (χ4v) is 4.91. The molecule has 0 amide bonds. The predicted octanol–water partition coefficient (Wildman–Crippen LogP) is 6.23. The summed E-state index contributed by atoms with van der Waals surface area (Å²) in [5.74, 6) is 2.29. The van der Waals surface area contributed by atoms with Crippen LogP contribution in [-0.4, -0.2) is 39.8 Å². The number of aromatic nitrogens is 2. The third kappa shape index (κ3) is 6.04. The zero-order valence-electron chi connectivity index (χ0n) is 21.0. The molecule has 0 N–H and O–H groups in total. The Morgan fingerprint density at radius 3 is 1.97 bits per heavy atom. The van der Waals surface area contributed by atoms with Gasteiger partial charge in [-0.15, -0.1) is 6.58 Å². The normalized spacial score (nSPS) is 13.6. The molecule has 6 nitrogen and oxygen atoms in total. The van der Waals surface area contributed by atoms with Crippen molar-refractivity contribution in [3.8, 4) is 28.6 Å². The molecule has 3 aromatic carbocycles. The summed E-state index contributed by atoms with van der Waals surface area (Å²) < 4.78 is 15.1. The van der Waals surface area contributed by atoms with Gasteiger partial charge in [-0.2, -0.15) is 0 Å². The van der Waals surface area contributed by atoms with Crippen molar-refractivity contribution in [3.63, 3.8) is 0 Å². The number of ether oxygens (including phenoxy) is 2. The minimum Gasteiger partial charge on any atom is -0.492 e. The monoisotopic (exact) mass is 495 g/mol. The molecule has 1 fully saturated rings. The van der Waals surface area contributed by atoms with Gasteiger partial charge in [0.1, 0.15) is 23.9 Å². The Hall–Kier alpha value is -4.03. The van der Waals surface area contributed by atoms with Gasteiger partial charge in [0.15, 0.2) is 0 Å². The SMILES string of the molecule is C=CCN(CCOc1ccc(-n2ccn(-c3ccc(Oc4ccccc4)cc3)c2=O)cc1)C1CCCC1. The smallest absolute Gasteiger partial charge is 0.337 e. The van der Waals surface area contributed by atoms with Crippen molar-refractivity contribution in [2.45, 2.75) is 31.7 Å². The minimum atomic E-state index is -0.137. The lowest BCUT2D eigenvalue weighted by molar-refractivity contribution is 0.175. The molecule has 0 atom stereocenters. The average Bonchev–Trinajstić information content (AvgIpc) is 3.60. The Bertz CT molecular complexity index is 1340. The Kier molecular flexibility index (Phi) is 7.87. The van der Waals surface area contributed by atoms with E-state index in [1.54, 1.807) is 21.5 Å². The molecule has 1 aromatic heterocycles. The number of hydrogen-bond acceptors (Lipinski definition) is 4. The zero-order valence-corrected chi connectivity index (χ0v) is 21.0. The van der Waals surface area contributed by atoms with Gasteiger partial charge in [0.05, 0.1) is 11.4 Å². The van der Waals surface area contributed by atoms with E-state index in [4.69, 9.17) is 9.47 Å². The number of imidazole rings is 1. The van der Waals surface area contributed by atoms with Gasteiger partial charge in [-0.25, -0.2) is 4.79 Å². The van der Waals surface area contributed by atoms with E-state index in [-0.39, 0.29) is 5.69 Å². The van der Waals surface area contributed by atoms with Gasteiger partial charge in [0, 0.05) is 31.5 Å². The summed E-state index contributed by atoms with van der Waals surface area (Å²) in [4.78, 5) is 15.6. The molecule has 0 bridgehead atoms. The van der Waals surface area contributed by atoms with Crippen LogP contribution >= 0.6 is 0 Å². The molecule has 0 radical (unpaired) electrons. The van der Waals surface area contributed by atoms with E-state index in [1.807, 2.05) is 84.9 Å². The predicted molar refractivity (Wildman–Crippen MR) is 147 cm³/mol. The van der Waals surface area contributed by atoms with Gasteiger partial charge in [-0.05, 0) is 73.5 Å². The highest BCUT2D eigenvalue weighted by molar-refractivity contribution is 5.41. The van der Waals surface area contributed by atoms with Crippen LogP contribution < -0.4 is 15.2 Å². The van der Waals surface area contributed by atoms with E-state index in [1.165, 1.54) is 25.7 Å². The highest BCUT2D eigenvalue weighted by Crippen LogP contribution is 2.24. The van der Waals surface area contributed by atoms with Gasteiger partial charge in [-0.3, -0.25) is 14.0 Å². The van der Waals surface area contributed by atoms with Gasteiger partial charge >= 0.3 is 5.69 Å². The largest absolute Gasteiger partial charge is 0.492 e. The second kappa shape index (κ2) is 11.8. The second-order valence-electron chi connectivity index (χ2n) is 9.29. The summed E-state index contributed by atoms with van der Waals surface area (Å²) in [6, 6.07) is 25.4.